The molecule has 0 N–H and O–H groups in total. The van der Waals surface area contributed by atoms with E-state index in [0.29, 0.717) is 17.6 Å². The van der Waals surface area contributed by atoms with Crippen LogP contribution >= 0.6 is 11.3 Å². The molecule has 3 saturated heterocycles. The number of piperidine rings is 3. The molecule has 4 rings (SSSR count). The Hall–Kier alpha value is -0.190. The minimum Gasteiger partial charge on any atom is -1.00 e. The number of halogens is 1. The molecule has 0 amide bonds. The van der Waals surface area contributed by atoms with Gasteiger partial charge in [-0.05, 0) is 23.8 Å². The number of carbonyl (C=O) groups is 1. The molecule has 3 aliphatic rings. The highest BCUT2D eigenvalue weighted by Gasteiger charge is 2.48. The van der Waals surface area contributed by atoms with Crippen molar-refractivity contribution in [3.8, 4) is 0 Å². The van der Waals surface area contributed by atoms with Crippen molar-refractivity contribution < 1.29 is 26.3 Å². The Morgan fingerprint density at radius 1 is 1.40 bits per heavy atom. The average Bonchev–Trinajstić information content (AvgIpc) is 3.00. The first-order chi connectivity index (χ1) is 9.24. The predicted octanol–water partition coefficient (Wildman–Crippen LogP) is 0.592. The highest BCUT2D eigenvalue weighted by atomic mass is 79.9. The predicted molar refractivity (Wildman–Crippen MR) is 79.5 cm³/mol. The summed E-state index contributed by atoms with van der Waals surface area (Å²) in [4.78, 5) is 13.6. The zero-order valence-corrected chi connectivity index (χ0v) is 14.6. The van der Waals surface area contributed by atoms with Crippen molar-refractivity contribution in [3.05, 3.63) is 22.4 Å². The number of thiophene rings is 1. The summed E-state index contributed by atoms with van der Waals surface area (Å²) >= 11 is 1.61. The van der Waals surface area contributed by atoms with E-state index in [1.54, 1.807) is 11.3 Å². The molecule has 1 unspecified atom stereocenters. The van der Waals surface area contributed by atoms with Gasteiger partial charge in [0.2, 0.25) is 0 Å². The zero-order valence-electron chi connectivity index (χ0n) is 12.2. The van der Waals surface area contributed by atoms with Gasteiger partial charge in [0.05, 0.1) is 37.0 Å². The molecule has 1 aromatic heterocycles. The van der Waals surface area contributed by atoms with Crippen LogP contribution in [0, 0.1) is 11.8 Å². The number of unbranched alkanes of at least 4 members (excludes halogenated alkanes) is 1. The van der Waals surface area contributed by atoms with Crippen molar-refractivity contribution in [2.45, 2.75) is 32.6 Å². The fourth-order valence-corrected chi connectivity index (χ4v) is 4.72. The van der Waals surface area contributed by atoms with E-state index < -0.39 is 0 Å². The van der Waals surface area contributed by atoms with Crippen LogP contribution in [0.2, 0.25) is 0 Å². The van der Waals surface area contributed by atoms with E-state index in [2.05, 4.69) is 6.92 Å². The molecule has 2 bridgehead atoms. The van der Waals surface area contributed by atoms with Crippen molar-refractivity contribution in [2.24, 2.45) is 11.8 Å². The second kappa shape index (κ2) is 6.71. The fourth-order valence-electron chi connectivity index (χ4n) is 3.99. The van der Waals surface area contributed by atoms with Crippen LogP contribution in [0.4, 0.5) is 0 Å². The summed E-state index contributed by atoms with van der Waals surface area (Å²) in [6, 6.07) is 4.00. The van der Waals surface area contributed by atoms with E-state index in [-0.39, 0.29) is 17.0 Å². The molecule has 1 aromatic rings. The first-order valence-corrected chi connectivity index (χ1v) is 8.55. The van der Waals surface area contributed by atoms with E-state index in [4.69, 9.17) is 0 Å². The van der Waals surface area contributed by atoms with Crippen molar-refractivity contribution in [3.63, 3.8) is 0 Å². The van der Waals surface area contributed by atoms with Crippen molar-refractivity contribution in [2.75, 3.05) is 26.2 Å². The molecular formula is C16H24BrNOS. The van der Waals surface area contributed by atoms with Crippen molar-refractivity contribution >= 4 is 17.1 Å². The lowest BCUT2D eigenvalue weighted by Crippen LogP contribution is -3.00. The highest BCUT2D eigenvalue weighted by Crippen LogP contribution is 2.40. The molecule has 112 valence electrons. The van der Waals surface area contributed by atoms with Gasteiger partial charge in [-0.25, -0.2) is 0 Å². The minimum absolute atomic E-state index is 0. The van der Waals surface area contributed by atoms with E-state index >= 15 is 0 Å². The zero-order chi connectivity index (χ0) is 13.3. The molecule has 4 heterocycles. The molecule has 0 aromatic carbocycles. The number of nitrogens with zero attached hydrogens (tertiary/aromatic N) is 1. The summed E-state index contributed by atoms with van der Waals surface area (Å²) in [5.41, 5.74) is 0. The number of ketones is 1. The van der Waals surface area contributed by atoms with Gasteiger partial charge in [-0.2, -0.15) is 0 Å². The maximum Gasteiger partial charge on any atom is 0.181 e. The number of carbonyl (C=O) groups excluding carboxylic acids is 1. The molecule has 0 saturated carbocycles. The summed E-state index contributed by atoms with van der Waals surface area (Å²) in [5.74, 6) is 1.40. The van der Waals surface area contributed by atoms with E-state index in [1.807, 2.05) is 17.5 Å². The largest absolute Gasteiger partial charge is 1.00 e. The summed E-state index contributed by atoms with van der Waals surface area (Å²) in [5, 5.41) is 2.02. The molecule has 4 heteroatoms. The third-order valence-electron chi connectivity index (χ3n) is 5.19. The quantitative estimate of drug-likeness (QED) is 0.556. The van der Waals surface area contributed by atoms with Crippen LogP contribution in [0.25, 0.3) is 0 Å². The number of hydrogen-bond donors (Lipinski definition) is 0. The number of rotatable bonds is 5. The lowest BCUT2D eigenvalue weighted by Gasteiger charge is -2.52. The van der Waals surface area contributed by atoms with Crippen LogP contribution < -0.4 is 17.0 Å². The molecule has 1 atom stereocenters. The third kappa shape index (κ3) is 3.02. The van der Waals surface area contributed by atoms with Gasteiger partial charge >= 0.3 is 0 Å². The number of quaternary nitrogens is 1. The monoisotopic (exact) mass is 357 g/mol. The lowest BCUT2D eigenvalue weighted by molar-refractivity contribution is -0.945. The SMILES string of the molecule is CCCC[N+]12CCC(CC1)C(C(=O)c1cccs1)C2.[Br-]. The Bertz CT molecular complexity index is 437. The third-order valence-corrected chi connectivity index (χ3v) is 6.07. The fraction of sp³-hybridized carbons (Fsp3) is 0.688. The molecule has 20 heavy (non-hydrogen) atoms. The summed E-state index contributed by atoms with van der Waals surface area (Å²) in [6.45, 7) is 7.31. The van der Waals surface area contributed by atoms with Gasteiger partial charge in [-0.3, -0.25) is 4.79 Å². The molecule has 3 fully saturated rings. The van der Waals surface area contributed by atoms with E-state index in [0.717, 1.165) is 11.4 Å². The molecule has 3 aliphatic heterocycles. The minimum atomic E-state index is 0. The maximum atomic E-state index is 12.7. The van der Waals surface area contributed by atoms with Gasteiger partial charge in [0.25, 0.3) is 0 Å². The van der Waals surface area contributed by atoms with Crippen LogP contribution in [0.15, 0.2) is 17.5 Å². The second-order valence-electron chi connectivity index (χ2n) is 6.33. The molecule has 0 aliphatic carbocycles. The standard InChI is InChI=1S/C16H24NOS.BrH/c1-2-3-8-17-9-6-13(7-10-17)14(12-17)16(18)15-5-4-11-19-15;/h4-5,11,13-14H,2-3,6-10,12H2,1H3;1H/q+1;/p-1. The van der Waals surface area contributed by atoms with E-state index in [9.17, 15) is 4.79 Å². The summed E-state index contributed by atoms with van der Waals surface area (Å²) in [6.07, 6.45) is 5.12. The number of hydrogen-bond acceptors (Lipinski definition) is 2. The Morgan fingerprint density at radius 2 is 2.15 bits per heavy atom. The molecule has 0 radical (unpaired) electrons. The Balaban J connectivity index is 0.00000147. The Morgan fingerprint density at radius 3 is 2.75 bits per heavy atom. The number of Topliss-reactive ketones (excluding diaryl/α,β-unsaturated/α-hetero) is 1. The smallest absolute Gasteiger partial charge is 0.181 e. The molecule has 0 spiro atoms. The van der Waals surface area contributed by atoms with Crippen LogP contribution in [-0.4, -0.2) is 36.4 Å². The summed E-state index contributed by atoms with van der Waals surface area (Å²) in [7, 11) is 0. The van der Waals surface area contributed by atoms with Gasteiger partial charge in [0.1, 0.15) is 0 Å². The number of fused-ring (bicyclic) bond motifs is 3. The van der Waals surface area contributed by atoms with Gasteiger partial charge < -0.3 is 21.5 Å². The van der Waals surface area contributed by atoms with Gasteiger partial charge in [0.15, 0.2) is 5.78 Å². The maximum absolute atomic E-state index is 12.7. The van der Waals surface area contributed by atoms with Crippen LogP contribution in [0.5, 0.6) is 0 Å². The first kappa shape index (κ1) is 16.2. The van der Waals surface area contributed by atoms with Crippen molar-refractivity contribution in [1.82, 2.24) is 0 Å². The van der Waals surface area contributed by atoms with Crippen molar-refractivity contribution in [1.29, 1.82) is 0 Å². The molecule has 2 nitrogen and oxygen atoms in total. The Labute approximate surface area is 136 Å². The second-order valence-corrected chi connectivity index (χ2v) is 7.28. The highest BCUT2D eigenvalue weighted by molar-refractivity contribution is 7.12. The van der Waals surface area contributed by atoms with Gasteiger partial charge in [-0.1, -0.05) is 19.4 Å². The van der Waals surface area contributed by atoms with Crippen LogP contribution in [0.1, 0.15) is 42.3 Å². The van der Waals surface area contributed by atoms with Crippen LogP contribution in [-0.2, 0) is 0 Å². The Kier molecular flexibility index (Phi) is 5.43. The lowest BCUT2D eigenvalue weighted by atomic mass is 9.74. The van der Waals surface area contributed by atoms with Crippen LogP contribution in [0.3, 0.4) is 0 Å². The topological polar surface area (TPSA) is 17.1 Å². The van der Waals surface area contributed by atoms with Gasteiger partial charge in [0, 0.05) is 12.8 Å². The molecular weight excluding hydrogens is 334 g/mol. The first-order valence-electron chi connectivity index (χ1n) is 7.67. The normalized spacial score (nSPS) is 31.9. The van der Waals surface area contributed by atoms with E-state index in [1.165, 1.54) is 49.8 Å². The van der Waals surface area contributed by atoms with Gasteiger partial charge in [-0.15, -0.1) is 11.3 Å². The average molecular weight is 358 g/mol. The summed E-state index contributed by atoms with van der Waals surface area (Å²) < 4.78 is 1.23.